The lowest BCUT2D eigenvalue weighted by molar-refractivity contribution is 0.265. The van der Waals surface area contributed by atoms with Crippen molar-refractivity contribution in [3.05, 3.63) is 44.2 Å². The molecule has 2 aromatic heterocycles. The average Bonchev–Trinajstić information content (AvgIpc) is 3.40. The maximum Gasteiger partial charge on any atom is 0.124 e. The summed E-state index contributed by atoms with van der Waals surface area (Å²) in [5.74, 6) is 2.36. The van der Waals surface area contributed by atoms with Crippen molar-refractivity contribution in [2.75, 3.05) is 11.2 Å². The SMILES string of the molecule is CCCCS(=O)C1=C2Nn3c(cnc3C)C3CC(c4nccs4)NC(S1)C23. The van der Waals surface area contributed by atoms with Gasteiger partial charge in [0, 0.05) is 29.2 Å². The van der Waals surface area contributed by atoms with Crippen LogP contribution in [0, 0.1) is 12.8 Å². The van der Waals surface area contributed by atoms with Gasteiger partial charge in [0.2, 0.25) is 0 Å². The maximum absolute atomic E-state index is 13.0. The largest absolute Gasteiger partial charge is 0.295 e. The standard InChI is InChI=1S/C18H23N5OS3/c1-3-4-7-27(24)18-15-14-11(13-9-20-10(2)23(13)22-15)8-12(21-17(14)26-18)16-19-5-6-25-16/h5-6,9,11-12,14,17,21-22H,3-4,7-8H2,1-2H3. The van der Waals surface area contributed by atoms with Crippen LogP contribution in [0.5, 0.6) is 0 Å². The van der Waals surface area contributed by atoms with Gasteiger partial charge in [-0.05, 0) is 19.8 Å². The summed E-state index contributed by atoms with van der Waals surface area (Å²) in [6, 6.07) is 0.232. The van der Waals surface area contributed by atoms with E-state index in [1.165, 1.54) is 5.69 Å². The molecule has 1 saturated heterocycles. The minimum Gasteiger partial charge on any atom is -0.295 e. The van der Waals surface area contributed by atoms with Gasteiger partial charge in [0.25, 0.3) is 0 Å². The summed E-state index contributed by atoms with van der Waals surface area (Å²) in [4.78, 5) is 9.09. The molecular weight excluding hydrogens is 398 g/mol. The van der Waals surface area contributed by atoms with Crippen molar-refractivity contribution in [1.82, 2.24) is 20.0 Å². The Bertz CT molecular complexity index is 906. The summed E-state index contributed by atoms with van der Waals surface area (Å²) in [5.41, 5.74) is 5.93. The first-order chi connectivity index (χ1) is 13.2. The van der Waals surface area contributed by atoms with Gasteiger partial charge in [0.15, 0.2) is 0 Å². The van der Waals surface area contributed by atoms with Crippen LogP contribution in [-0.4, -0.2) is 30.0 Å². The molecular formula is C18H23N5OS3. The van der Waals surface area contributed by atoms with E-state index in [0.717, 1.165) is 45.8 Å². The number of thiazole rings is 1. The minimum absolute atomic E-state index is 0.227. The normalized spacial score (nSPS) is 30.0. The molecule has 5 atom stereocenters. The number of imidazole rings is 1. The molecule has 9 heteroatoms. The fourth-order valence-electron chi connectivity index (χ4n) is 4.29. The summed E-state index contributed by atoms with van der Waals surface area (Å²) < 4.78 is 16.1. The van der Waals surface area contributed by atoms with Gasteiger partial charge in [-0.1, -0.05) is 25.1 Å². The van der Waals surface area contributed by atoms with Gasteiger partial charge in [-0.2, -0.15) is 0 Å². The van der Waals surface area contributed by atoms with E-state index in [4.69, 9.17) is 0 Å². The second kappa shape index (κ2) is 7.02. The molecule has 1 fully saturated rings. The zero-order valence-electron chi connectivity index (χ0n) is 15.3. The zero-order chi connectivity index (χ0) is 18.5. The monoisotopic (exact) mass is 421 g/mol. The summed E-state index contributed by atoms with van der Waals surface area (Å²) in [6.07, 6.45) is 6.92. The van der Waals surface area contributed by atoms with Crippen molar-refractivity contribution >= 4 is 33.9 Å². The Morgan fingerprint density at radius 1 is 1.41 bits per heavy atom. The van der Waals surface area contributed by atoms with Crippen LogP contribution in [0.1, 0.15) is 54.7 Å². The highest BCUT2D eigenvalue weighted by Gasteiger charge is 2.51. The Kier molecular flexibility index (Phi) is 4.66. The lowest BCUT2D eigenvalue weighted by Gasteiger charge is -2.42. The van der Waals surface area contributed by atoms with Crippen LogP contribution in [0.3, 0.4) is 0 Å². The molecule has 0 bridgehead atoms. The number of rotatable bonds is 5. The number of thioether (sulfide) groups is 1. The molecule has 0 aliphatic carbocycles. The Hall–Kier alpha value is -1.16. The third-order valence-electron chi connectivity index (χ3n) is 5.62. The lowest BCUT2D eigenvalue weighted by atomic mass is 9.78. The molecule has 3 aliphatic rings. The molecule has 3 aliphatic heterocycles. The zero-order valence-corrected chi connectivity index (χ0v) is 17.8. The van der Waals surface area contributed by atoms with Crippen LogP contribution >= 0.6 is 23.1 Å². The number of fused-ring (bicyclic) bond motifs is 2. The Labute approximate surface area is 169 Å². The number of piperidine rings is 1. The minimum atomic E-state index is -0.949. The maximum atomic E-state index is 13.0. The number of unbranched alkanes of at least 4 members (excludes halogenated alkanes) is 1. The average molecular weight is 422 g/mol. The van der Waals surface area contributed by atoms with Crippen molar-refractivity contribution in [1.29, 1.82) is 0 Å². The highest BCUT2D eigenvalue weighted by Crippen LogP contribution is 2.55. The van der Waals surface area contributed by atoms with E-state index >= 15 is 0 Å². The van der Waals surface area contributed by atoms with E-state index in [9.17, 15) is 4.21 Å². The predicted molar refractivity (Wildman–Crippen MR) is 111 cm³/mol. The Morgan fingerprint density at radius 3 is 3.07 bits per heavy atom. The molecule has 5 heterocycles. The molecule has 2 N–H and O–H groups in total. The molecule has 2 aromatic rings. The van der Waals surface area contributed by atoms with Crippen LogP contribution < -0.4 is 10.7 Å². The number of hydrogen-bond acceptors (Lipinski definition) is 7. The fraction of sp³-hybridized carbons (Fsp3) is 0.556. The molecule has 0 radical (unpaired) electrons. The molecule has 0 spiro atoms. The van der Waals surface area contributed by atoms with Crippen LogP contribution in [0.25, 0.3) is 0 Å². The third-order valence-corrected chi connectivity index (χ3v) is 9.76. The van der Waals surface area contributed by atoms with Gasteiger partial charge in [-0.25, -0.2) is 14.6 Å². The van der Waals surface area contributed by atoms with Gasteiger partial charge >= 0.3 is 0 Å². The van der Waals surface area contributed by atoms with Crippen LogP contribution in [0.4, 0.5) is 0 Å². The smallest absolute Gasteiger partial charge is 0.124 e. The second-order valence-corrected chi connectivity index (χ2v) is 11.1. The molecule has 0 aromatic carbocycles. The first-order valence-electron chi connectivity index (χ1n) is 9.43. The van der Waals surface area contributed by atoms with Crippen LogP contribution in [0.2, 0.25) is 0 Å². The van der Waals surface area contributed by atoms with Crippen molar-refractivity contribution < 1.29 is 4.21 Å². The molecule has 5 rings (SSSR count). The number of nitrogens with zero attached hydrogens (tertiary/aromatic N) is 3. The summed E-state index contributed by atoms with van der Waals surface area (Å²) in [6.45, 7) is 4.16. The number of aryl methyl sites for hydroxylation is 1. The van der Waals surface area contributed by atoms with E-state index in [2.05, 4.69) is 32.3 Å². The summed E-state index contributed by atoms with van der Waals surface area (Å²) in [5, 5.41) is 7.19. The van der Waals surface area contributed by atoms with E-state index in [1.807, 2.05) is 24.7 Å². The first-order valence-corrected chi connectivity index (χ1v) is 12.5. The topological polar surface area (TPSA) is 71.8 Å². The predicted octanol–water partition coefficient (Wildman–Crippen LogP) is 3.43. The molecule has 5 unspecified atom stereocenters. The second-order valence-electron chi connectivity index (χ2n) is 7.28. The van der Waals surface area contributed by atoms with Crippen molar-refractivity contribution in [2.24, 2.45) is 5.92 Å². The summed E-state index contributed by atoms with van der Waals surface area (Å²) in [7, 11) is -0.949. The first kappa shape index (κ1) is 17.9. The van der Waals surface area contributed by atoms with Crippen LogP contribution in [-0.2, 0) is 10.8 Å². The Morgan fingerprint density at radius 2 is 2.30 bits per heavy atom. The Balaban J connectivity index is 1.55. The van der Waals surface area contributed by atoms with Crippen molar-refractivity contribution in [2.45, 2.75) is 50.4 Å². The highest BCUT2D eigenvalue weighted by molar-refractivity contribution is 8.17. The van der Waals surface area contributed by atoms with Gasteiger partial charge in [0.1, 0.15) is 10.8 Å². The van der Waals surface area contributed by atoms with Crippen LogP contribution in [0.15, 0.2) is 27.7 Å². The van der Waals surface area contributed by atoms with E-state index in [-0.39, 0.29) is 11.4 Å². The van der Waals surface area contributed by atoms with E-state index in [0.29, 0.717) is 11.8 Å². The number of nitrogens with one attached hydrogen (secondary N) is 2. The van der Waals surface area contributed by atoms with E-state index in [1.54, 1.807) is 23.1 Å². The van der Waals surface area contributed by atoms with Gasteiger partial charge < -0.3 is 0 Å². The van der Waals surface area contributed by atoms with Gasteiger partial charge in [-0.15, -0.1) is 11.3 Å². The summed E-state index contributed by atoms with van der Waals surface area (Å²) >= 11 is 3.46. The molecule has 0 saturated carbocycles. The fourth-order valence-corrected chi connectivity index (χ4v) is 8.40. The quantitative estimate of drug-likeness (QED) is 0.771. The number of aromatic nitrogens is 3. The molecule has 27 heavy (non-hydrogen) atoms. The third kappa shape index (κ3) is 2.90. The highest BCUT2D eigenvalue weighted by atomic mass is 32.2. The number of hydrogen-bond donors (Lipinski definition) is 2. The lowest BCUT2D eigenvalue weighted by Crippen LogP contribution is -2.48. The van der Waals surface area contributed by atoms with Gasteiger partial charge in [0.05, 0.1) is 44.0 Å². The van der Waals surface area contributed by atoms with Crippen molar-refractivity contribution in [3.8, 4) is 0 Å². The molecule has 144 valence electrons. The van der Waals surface area contributed by atoms with Crippen molar-refractivity contribution in [3.63, 3.8) is 0 Å². The molecule has 0 amide bonds. The molecule has 6 nitrogen and oxygen atoms in total. The van der Waals surface area contributed by atoms with Gasteiger partial charge in [-0.3, -0.25) is 15.0 Å². The van der Waals surface area contributed by atoms with E-state index < -0.39 is 10.8 Å².